The number of aromatic nitrogens is 2. The summed E-state index contributed by atoms with van der Waals surface area (Å²) in [5.41, 5.74) is 0. The highest BCUT2D eigenvalue weighted by Gasteiger charge is 2.26. The molecule has 0 radical (unpaired) electrons. The van der Waals surface area contributed by atoms with E-state index in [4.69, 9.17) is 14.2 Å². The van der Waals surface area contributed by atoms with E-state index in [-0.39, 0.29) is 18.7 Å². The number of fused-ring (bicyclic) bond motifs is 1. The number of amides is 1. The van der Waals surface area contributed by atoms with Crippen molar-refractivity contribution in [1.29, 1.82) is 0 Å². The van der Waals surface area contributed by atoms with Gasteiger partial charge in [-0.15, -0.1) is 0 Å². The van der Waals surface area contributed by atoms with Crippen LogP contribution in [-0.4, -0.2) is 39.3 Å². The minimum Gasteiger partial charge on any atom is -0.481 e. The summed E-state index contributed by atoms with van der Waals surface area (Å²) in [4.78, 5) is 18.9. The van der Waals surface area contributed by atoms with Crippen LogP contribution in [-0.2, 0) is 18.4 Å². The maximum absolute atomic E-state index is 12.9. The highest BCUT2D eigenvalue weighted by molar-refractivity contribution is 5.81. The van der Waals surface area contributed by atoms with Gasteiger partial charge in [-0.2, -0.15) is 0 Å². The van der Waals surface area contributed by atoms with Crippen molar-refractivity contribution in [3.8, 4) is 17.2 Å². The van der Waals surface area contributed by atoms with Crippen LogP contribution in [0.4, 0.5) is 0 Å². The number of hydrogen-bond donors (Lipinski definition) is 0. The molecule has 1 aliphatic rings. The van der Waals surface area contributed by atoms with E-state index in [9.17, 15) is 4.79 Å². The third-order valence-electron chi connectivity index (χ3n) is 4.14. The van der Waals surface area contributed by atoms with Gasteiger partial charge in [0.2, 0.25) is 6.79 Å². The second-order valence-electron chi connectivity index (χ2n) is 6.29. The maximum atomic E-state index is 12.9. The fourth-order valence-electron chi connectivity index (χ4n) is 2.65. The topological polar surface area (TPSA) is 65.8 Å². The fourth-order valence-corrected chi connectivity index (χ4v) is 2.65. The first kappa shape index (κ1) is 17.1. The zero-order valence-electron chi connectivity index (χ0n) is 14.9. The first-order valence-electron chi connectivity index (χ1n) is 8.28. The number of carbonyl (C=O) groups excluding carboxylic acids is 1. The Bertz CT molecular complexity index is 757. The van der Waals surface area contributed by atoms with E-state index in [1.807, 2.05) is 31.7 Å². The second-order valence-corrected chi connectivity index (χ2v) is 6.29. The predicted molar refractivity (Wildman–Crippen MR) is 91.5 cm³/mol. The van der Waals surface area contributed by atoms with Gasteiger partial charge in [-0.25, -0.2) is 4.98 Å². The van der Waals surface area contributed by atoms with Gasteiger partial charge in [0.1, 0.15) is 11.6 Å². The summed E-state index contributed by atoms with van der Waals surface area (Å²) in [6.45, 7) is 6.36. The Hall–Kier alpha value is -2.70. The summed E-state index contributed by atoms with van der Waals surface area (Å²) < 4.78 is 18.4. The number of carbonyl (C=O) groups is 1. The molecule has 7 nitrogen and oxygen atoms in total. The molecule has 3 rings (SSSR count). The smallest absolute Gasteiger partial charge is 0.263 e. The molecule has 1 amide bonds. The van der Waals surface area contributed by atoms with Crippen LogP contribution < -0.4 is 14.2 Å². The summed E-state index contributed by atoms with van der Waals surface area (Å²) >= 11 is 0. The summed E-state index contributed by atoms with van der Waals surface area (Å²) in [5, 5.41) is 0. The minimum absolute atomic E-state index is 0.0343. The molecule has 0 unspecified atom stereocenters. The highest BCUT2D eigenvalue weighted by Crippen LogP contribution is 2.35. The van der Waals surface area contributed by atoms with Crippen LogP contribution in [0.15, 0.2) is 30.6 Å². The van der Waals surface area contributed by atoms with Crippen molar-refractivity contribution in [1.82, 2.24) is 14.5 Å². The van der Waals surface area contributed by atoms with E-state index in [1.54, 1.807) is 36.2 Å². The lowest BCUT2D eigenvalue weighted by Gasteiger charge is -2.29. The maximum Gasteiger partial charge on any atom is 0.263 e. The first-order chi connectivity index (χ1) is 12.0. The van der Waals surface area contributed by atoms with Crippen molar-refractivity contribution in [3.05, 3.63) is 36.4 Å². The Morgan fingerprint density at radius 2 is 2.08 bits per heavy atom. The van der Waals surface area contributed by atoms with Crippen molar-refractivity contribution in [3.63, 3.8) is 0 Å². The van der Waals surface area contributed by atoms with Gasteiger partial charge in [0.05, 0.1) is 6.54 Å². The van der Waals surface area contributed by atoms with Crippen molar-refractivity contribution in [2.24, 2.45) is 7.05 Å². The third kappa shape index (κ3) is 3.70. The van der Waals surface area contributed by atoms with Crippen LogP contribution in [0.1, 0.15) is 26.6 Å². The van der Waals surface area contributed by atoms with Crippen LogP contribution in [0.2, 0.25) is 0 Å². The van der Waals surface area contributed by atoms with E-state index in [1.165, 1.54) is 0 Å². The van der Waals surface area contributed by atoms with E-state index in [2.05, 4.69) is 4.98 Å². The molecule has 7 heteroatoms. The van der Waals surface area contributed by atoms with Gasteiger partial charge in [0.15, 0.2) is 17.6 Å². The van der Waals surface area contributed by atoms with Crippen molar-refractivity contribution in [2.75, 3.05) is 6.79 Å². The number of imidazole rings is 1. The molecular formula is C18H23N3O4. The number of hydrogen-bond acceptors (Lipinski definition) is 5. The third-order valence-corrected chi connectivity index (χ3v) is 4.14. The lowest BCUT2D eigenvalue weighted by atomic mass is 10.2. The zero-order chi connectivity index (χ0) is 18.0. The van der Waals surface area contributed by atoms with Gasteiger partial charge in [-0.05, 0) is 32.9 Å². The molecule has 1 atom stereocenters. The van der Waals surface area contributed by atoms with Gasteiger partial charge in [-0.1, -0.05) is 0 Å². The van der Waals surface area contributed by atoms with E-state index < -0.39 is 6.10 Å². The van der Waals surface area contributed by atoms with Crippen LogP contribution in [0, 0.1) is 0 Å². The number of rotatable bonds is 6. The van der Waals surface area contributed by atoms with E-state index in [0.717, 1.165) is 5.82 Å². The Balaban J connectivity index is 1.69. The molecule has 134 valence electrons. The molecule has 0 fully saturated rings. The Labute approximate surface area is 147 Å². The molecule has 0 aliphatic carbocycles. The van der Waals surface area contributed by atoms with Crippen LogP contribution in [0.25, 0.3) is 0 Å². The average molecular weight is 345 g/mol. The summed E-state index contributed by atoms with van der Waals surface area (Å²) in [6, 6.07) is 5.33. The molecule has 1 aliphatic heterocycles. The molecule has 0 saturated carbocycles. The van der Waals surface area contributed by atoms with Crippen molar-refractivity contribution in [2.45, 2.75) is 39.5 Å². The first-order valence-corrected chi connectivity index (χ1v) is 8.28. The standard InChI is InChI=1S/C18H23N3O4/c1-12(2)21(10-17-19-7-8-20(17)4)18(22)13(3)25-14-5-6-15-16(9-14)24-11-23-15/h5-9,12-13H,10-11H2,1-4H3/t13-/m1/s1. The number of nitrogens with zero attached hydrogens (tertiary/aromatic N) is 3. The minimum atomic E-state index is -0.622. The quantitative estimate of drug-likeness (QED) is 0.804. The van der Waals surface area contributed by atoms with Crippen molar-refractivity contribution >= 4 is 5.91 Å². The summed E-state index contributed by atoms with van der Waals surface area (Å²) in [7, 11) is 1.91. The average Bonchev–Trinajstić information content (AvgIpc) is 3.20. The molecular weight excluding hydrogens is 322 g/mol. The van der Waals surface area contributed by atoms with E-state index >= 15 is 0 Å². The molecule has 0 spiro atoms. The molecule has 2 aromatic rings. The predicted octanol–water partition coefficient (Wildman–Crippen LogP) is 2.35. The monoisotopic (exact) mass is 345 g/mol. The second kappa shape index (κ2) is 7.04. The SMILES string of the molecule is CC(C)N(Cc1nccn1C)C(=O)[C@@H](C)Oc1ccc2c(c1)OCO2. The molecule has 2 heterocycles. The van der Waals surface area contributed by atoms with Crippen molar-refractivity contribution < 1.29 is 19.0 Å². The summed E-state index contributed by atoms with van der Waals surface area (Å²) in [5.74, 6) is 2.63. The Morgan fingerprint density at radius 3 is 2.76 bits per heavy atom. The molecule has 0 N–H and O–H groups in total. The fraction of sp³-hybridized carbons (Fsp3) is 0.444. The lowest BCUT2D eigenvalue weighted by Crippen LogP contribution is -2.44. The van der Waals surface area contributed by atoms with Gasteiger partial charge < -0.3 is 23.7 Å². The van der Waals surface area contributed by atoms with Crippen LogP contribution in [0.5, 0.6) is 17.2 Å². The number of ether oxygens (including phenoxy) is 3. The van der Waals surface area contributed by atoms with E-state index in [0.29, 0.717) is 23.8 Å². The highest BCUT2D eigenvalue weighted by atomic mass is 16.7. The largest absolute Gasteiger partial charge is 0.481 e. The van der Waals surface area contributed by atoms with Gasteiger partial charge in [0.25, 0.3) is 5.91 Å². The van der Waals surface area contributed by atoms with Gasteiger partial charge in [0, 0.05) is 31.5 Å². The molecule has 0 saturated heterocycles. The lowest BCUT2D eigenvalue weighted by molar-refractivity contribution is -0.140. The van der Waals surface area contributed by atoms with Crippen LogP contribution in [0.3, 0.4) is 0 Å². The molecule has 1 aromatic carbocycles. The van der Waals surface area contributed by atoms with Crippen LogP contribution >= 0.6 is 0 Å². The number of aryl methyl sites for hydroxylation is 1. The molecule has 0 bridgehead atoms. The molecule has 1 aromatic heterocycles. The molecule has 25 heavy (non-hydrogen) atoms. The van der Waals surface area contributed by atoms with Gasteiger partial charge in [-0.3, -0.25) is 4.79 Å². The summed E-state index contributed by atoms with van der Waals surface area (Å²) in [6.07, 6.45) is 2.97. The van der Waals surface area contributed by atoms with Gasteiger partial charge >= 0.3 is 0 Å². The normalized spacial score (nSPS) is 13.8. The Kier molecular flexibility index (Phi) is 4.83. The Morgan fingerprint density at radius 1 is 1.32 bits per heavy atom. The zero-order valence-corrected chi connectivity index (χ0v) is 14.9. The number of benzene rings is 1.